The SMILES string of the molecule is CSCCC(N)C(=O)NC(CC(C)C)C(=O)NC(CCSC)C(=O)NC(CC(N)=O)C(=O)O. The quantitative estimate of drug-likeness (QED) is 0.147. The second-order valence-electron chi connectivity index (χ2n) is 7.99. The summed E-state index contributed by atoms with van der Waals surface area (Å²) in [5.74, 6) is -2.81. The highest BCUT2D eigenvalue weighted by atomic mass is 32.2. The third-order valence-electron chi connectivity index (χ3n) is 4.57. The maximum Gasteiger partial charge on any atom is 0.326 e. The van der Waals surface area contributed by atoms with Crippen molar-refractivity contribution in [1.29, 1.82) is 0 Å². The standard InChI is InChI=1S/C20H37N5O6S2/c1-11(2)9-14(24-17(27)12(21)5-7-32-3)19(29)23-13(6-8-33-4)18(28)25-15(20(30)31)10-16(22)26/h11-15H,5-10,21H2,1-4H3,(H2,22,26)(H,23,29)(H,24,27)(H,25,28)(H,30,31). The number of nitrogens with two attached hydrogens (primary N) is 2. The van der Waals surface area contributed by atoms with E-state index >= 15 is 0 Å². The first kappa shape index (κ1) is 31.0. The van der Waals surface area contributed by atoms with E-state index in [0.29, 0.717) is 24.3 Å². The zero-order valence-corrected chi connectivity index (χ0v) is 21.2. The number of nitrogens with one attached hydrogen (secondary N) is 3. The van der Waals surface area contributed by atoms with Crippen LogP contribution in [0.2, 0.25) is 0 Å². The first-order chi connectivity index (χ1) is 15.4. The molecule has 4 unspecified atom stereocenters. The topological polar surface area (TPSA) is 194 Å². The van der Waals surface area contributed by atoms with Crippen LogP contribution in [0.5, 0.6) is 0 Å². The zero-order valence-electron chi connectivity index (χ0n) is 19.6. The average Bonchev–Trinajstić information content (AvgIpc) is 2.72. The zero-order chi connectivity index (χ0) is 25.6. The van der Waals surface area contributed by atoms with Gasteiger partial charge in [-0.05, 0) is 49.2 Å². The van der Waals surface area contributed by atoms with E-state index in [-0.39, 0.29) is 12.3 Å². The van der Waals surface area contributed by atoms with Crippen molar-refractivity contribution in [3.63, 3.8) is 0 Å². The van der Waals surface area contributed by atoms with Gasteiger partial charge >= 0.3 is 5.97 Å². The van der Waals surface area contributed by atoms with Crippen LogP contribution in [-0.4, -0.2) is 82.9 Å². The molecular weight excluding hydrogens is 470 g/mol. The fourth-order valence-electron chi connectivity index (χ4n) is 2.81. The number of carboxylic acid groups (broad SMARTS) is 1. The molecule has 0 aliphatic heterocycles. The number of aliphatic carboxylic acids is 1. The van der Waals surface area contributed by atoms with Crippen LogP contribution in [0.4, 0.5) is 0 Å². The molecule has 0 aromatic rings. The highest BCUT2D eigenvalue weighted by molar-refractivity contribution is 7.98. The number of amides is 4. The lowest BCUT2D eigenvalue weighted by Crippen LogP contribution is -2.57. The Hall–Kier alpha value is -1.99. The Morgan fingerprint density at radius 1 is 0.818 bits per heavy atom. The number of rotatable bonds is 17. The van der Waals surface area contributed by atoms with Gasteiger partial charge in [-0.25, -0.2) is 4.79 Å². The second kappa shape index (κ2) is 16.6. The van der Waals surface area contributed by atoms with E-state index in [1.165, 1.54) is 11.8 Å². The normalized spacial score (nSPS) is 14.6. The minimum atomic E-state index is -1.51. The lowest BCUT2D eigenvalue weighted by molar-refractivity contribution is -0.143. The number of carbonyl (C=O) groups excluding carboxylic acids is 4. The number of hydrogen-bond acceptors (Lipinski definition) is 8. The van der Waals surface area contributed by atoms with E-state index in [4.69, 9.17) is 11.5 Å². The smallest absolute Gasteiger partial charge is 0.326 e. The average molecular weight is 508 g/mol. The highest BCUT2D eigenvalue weighted by Gasteiger charge is 2.31. The van der Waals surface area contributed by atoms with Crippen molar-refractivity contribution in [3.8, 4) is 0 Å². The summed E-state index contributed by atoms with van der Waals surface area (Å²) in [5, 5.41) is 16.8. The molecule has 0 aliphatic rings. The number of thioether (sulfide) groups is 2. The van der Waals surface area contributed by atoms with E-state index in [1.807, 2.05) is 26.4 Å². The summed E-state index contributed by atoms with van der Waals surface area (Å²) in [4.78, 5) is 60.6. The molecule has 0 radical (unpaired) electrons. The molecule has 0 saturated heterocycles. The van der Waals surface area contributed by atoms with E-state index in [0.717, 1.165) is 0 Å². The molecule has 11 nitrogen and oxygen atoms in total. The summed E-state index contributed by atoms with van der Waals surface area (Å²) >= 11 is 3.00. The number of primary amides is 1. The van der Waals surface area contributed by atoms with Crippen LogP contribution >= 0.6 is 23.5 Å². The minimum absolute atomic E-state index is 0.0638. The van der Waals surface area contributed by atoms with Gasteiger partial charge in [0.1, 0.15) is 18.1 Å². The lowest BCUT2D eigenvalue weighted by Gasteiger charge is -2.26. The van der Waals surface area contributed by atoms with Crippen LogP contribution in [0.1, 0.15) is 39.5 Å². The summed E-state index contributed by atoms with van der Waals surface area (Å²) in [6, 6.07) is -4.25. The fourth-order valence-corrected chi connectivity index (χ4v) is 3.77. The third kappa shape index (κ3) is 13.3. The molecule has 0 aromatic heterocycles. The predicted octanol–water partition coefficient (Wildman–Crippen LogP) is -0.720. The molecule has 13 heteroatoms. The van der Waals surface area contributed by atoms with Crippen LogP contribution in [0, 0.1) is 5.92 Å². The minimum Gasteiger partial charge on any atom is -0.480 e. The van der Waals surface area contributed by atoms with Gasteiger partial charge in [0.25, 0.3) is 0 Å². The molecule has 190 valence electrons. The maximum absolute atomic E-state index is 13.0. The van der Waals surface area contributed by atoms with E-state index in [9.17, 15) is 29.1 Å². The molecule has 0 saturated carbocycles. The van der Waals surface area contributed by atoms with Gasteiger partial charge in [-0.2, -0.15) is 23.5 Å². The second-order valence-corrected chi connectivity index (χ2v) is 9.96. The van der Waals surface area contributed by atoms with Gasteiger partial charge in [0.15, 0.2) is 0 Å². The molecular formula is C20H37N5O6S2. The summed E-state index contributed by atoms with van der Waals surface area (Å²) in [7, 11) is 0. The fraction of sp³-hybridized carbons (Fsp3) is 0.750. The van der Waals surface area contributed by atoms with Crippen LogP contribution in [0.25, 0.3) is 0 Å². The largest absolute Gasteiger partial charge is 0.480 e. The molecule has 33 heavy (non-hydrogen) atoms. The number of carbonyl (C=O) groups is 5. The first-order valence-corrected chi connectivity index (χ1v) is 13.4. The summed E-state index contributed by atoms with van der Waals surface area (Å²) < 4.78 is 0. The van der Waals surface area contributed by atoms with Gasteiger partial charge in [0, 0.05) is 0 Å². The maximum atomic E-state index is 13.0. The number of hydrogen-bond donors (Lipinski definition) is 6. The molecule has 4 amide bonds. The number of carboxylic acids is 1. The van der Waals surface area contributed by atoms with E-state index < -0.39 is 60.2 Å². The monoisotopic (exact) mass is 507 g/mol. The molecule has 4 atom stereocenters. The summed E-state index contributed by atoms with van der Waals surface area (Å²) in [6.07, 6.45) is 4.14. The van der Waals surface area contributed by atoms with Crippen molar-refractivity contribution in [2.75, 3.05) is 24.0 Å². The van der Waals surface area contributed by atoms with E-state index in [1.54, 1.807) is 11.8 Å². The molecule has 0 fully saturated rings. The van der Waals surface area contributed by atoms with Gasteiger partial charge in [-0.1, -0.05) is 13.8 Å². The molecule has 0 aromatic carbocycles. The summed E-state index contributed by atoms with van der Waals surface area (Å²) in [5.41, 5.74) is 11.0. The van der Waals surface area contributed by atoms with Crippen LogP contribution in [-0.2, 0) is 24.0 Å². The van der Waals surface area contributed by atoms with Crippen molar-refractivity contribution < 1.29 is 29.1 Å². The molecule has 0 spiro atoms. The van der Waals surface area contributed by atoms with Crippen molar-refractivity contribution >= 4 is 53.1 Å². The van der Waals surface area contributed by atoms with Crippen molar-refractivity contribution in [2.45, 2.75) is 63.7 Å². The lowest BCUT2D eigenvalue weighted by atomic mass is 10.0. The van der Waals surface area contributed by atoms with Crippen LogP contribution in [0.3, 0.4) is 0 Å². The molecule has 0 bridgehead atoms. The molecule has 0 heterocycles. The molecule has 0 aliphatic carbocycles. The third-order valence-corrected chi connectivity index (χ3v) is 5.86. The van der Waals surface area contributed by atoms with Crippen molar-refractivity contribution in [3.05, 3.63) is 0 Å². The van der Waals surface area contributed by atoms with Gasteiger partial charge in [-0.3, -0.25) is 19.2 Å². The van der Waals surface area contributed by atoms with Gasteiger partial charge in [0.05, 0.1) is 12.5 Å². The van der Waals surface area contributed by atoms with Gasteiger partial charge < -0.3 is 32.5 Å². The van der Waals surface area contributed by atoms with Crippen LogP contribution < -0.4 is 27.4 Å². The van der Waals surface area contributed by atoms with Crippen molar-refractivity contribution in [1.82, 2.24) is 16.0 Å². The van der Waals surface area contributed by atoms with E-state index in [2.05, 4.69) is 16.0 Å². The van der Waals surface area contributed by atoms with Gasteiger partial charge in [-0.15, -0.1) is 0 Å². The predicted molar refractivity (Wildman–Crippen MR) is 131 cm³/mol. The Morgan fingerprint density at radius 2 is 1.30 bits per heavy atom. The highest BCUT2D eigenvalue weighted by Crippen LogP contribution is 2.09. The first-order valence-electron chi connectivity index (χ1n) is 10.6. The molecule has 0 rings (SSSR count). The summed E-state index contributed by atoms with van der Waals surface area (Å²) in [6.45, 7) is 3.78. The Labute approximate surface area is 203 Å². The Balaban J connectivity index is 5.43. The Kier molecular flexibility index (Phi) is 15.6. The Bertz CT molecular complexity index is 679. The van der Waals surface area contributed by atoms with Gasteiger partial charge in [0.2, 0.25) is 23.6 Å². The molecule has 8 N–H and O–H groups in total. The van der Waals surface area contributed by atoms with Crippen LogP contribution in [0.15, 0.2) is 0 Å². The Morgan fingerprint density at radius 3 is 1.79 bits per heavy atom. The van der Waals surface area contributed by atoms with Crippen molar-refractivity contribution in [2.24, 2.45) is 17.4 Å².